The van der Waals surface area contributed by atoms with Crippen LogP contribution in [0.3, 0.4) is 0 Å². The number of carbonyl (C=O) groups excluding carboxylic acids is 4. The number of fused-ring (bicyclic) bond motifs is 1. The van der Waals surface area contributed by atoms with E-state index in [0.29, 0.717) is 18.4 Å². The SMILES string of the molecule is CC1(C)S[C@@H]2[C@H](NC(=O)/C(=N\OC3(C(=O)OCc4ccc([N+](=O)[O-])cc4)CCCCC3)c3csc(N)n3)C(=O)N2[C@H]1C(=O)[O-].[Na+]. The number of hydrogen-bond acceptors (Lipinski definition) is 14. The number of nitrogens with one attached hydrogen (secondary N) is 1. The third-order valence-corrected chi connectivity index (χ3v) is 10.0. The van der Waals surface area contributed by atoms with Gasteiger partial charge in [0, 0.05) is 35.1 Å². The Morgan fingerprint density at radius 3 is 2.44 bits per heavy atom. The average molecular weight is 669 g/mol. The topological polar surface area (TPSA) is 219 Å². The number of ether oxygens (including phenoxy) is 1. The summed E-state index contributed by atoms with van der Waals surface area (Å²) in [5, 5.41) is 30.4. The van der Waals surface area contributed by atoms with Gasteiger partial charge in [0.05, 0.1) is 16.9 Å². The van der Waals surface area contributed by atoms with Gasteiger partial charge in [0.2, 0.25) is 11.5 Å². The number of anilines is 1. The number of nitro groups is 1. The predicted octanol–water partition coefficient (Wildman–Crippen LogP) is -1.90. The number of aliphatic carboxylic acids is 1. The monoisotopic (exact) mass is 668 g/mol. The number of carboxylic acid groups (broad SMARTS) is 1. The molecule has 1 aromatic carbocycles. The Bertz CT molecular complexity index is 1530. The average Bonchev–Trinajstić information content (AvgIpc) is 3.53. The molecule has 1 aromatic heterocycles. The Kier molecular flexibility index (Phi) is 10.5. The van der Waals surface area contributed by atoms with Crippen molar-refractivity contribution < 1.29 is 68.3 Å². The summed E-state index contributed by atoms with van der Waals surface area (Å²) in [6.45, 7) is 3.21. The number of rotatable bonds is 10. The van der Waals surface area contributed by atoms with Crippen LogP contribution in [0.15, 0.2) is 34.8 Å². The van der Waals surface area contributed by atoms with Crippen LogP contribution < -0.4 is 45.7 Å². The molecule has 0 radical (unpaired) electrons. The van der Waals surface area contributed by atoms with Crippen molar-refractivity contribution in [3.63, 3.8) is 0 Å². The van der Waals surface area contributed by atoms with Crippen molar-refractivity contribution >= 4 is 63.4 Å². The maximum Gasteiger partial charge on any atom is 1.00 e. The number of nitro benzene ring substituents is 1. The van der Waals surface area contributed by atoms with Crippen LogP contribution >= 0.6 is 23.1 Å². The molecule has 3 N–H and O–H groups in total. The van der Waals surface area contributed by atoms with E-state index in [0.717, 1.165) is 17.8 Å². The number of nitrogen functional groups attached to an aromatic ring is 1. The molecule has 1 aliphatic carbocycles. The van der Waals surface area contributed by atoms with E-state index < -0.39 is 56.5 Å². The number of thioether (sulfide) groups is 1. The fraction of sp³-hybridized carbons (Fsp3) is 0.481. The van der Waals surface area contributed by atoms with Crippen molar-refractivity contribution in [3.05, 3.63) is 51.0 Å². The molecule has 234 valence electrons. The first kappa shape index (κ1) is 34.6. The molecule has 3 aliphatic rings. The molecule has 1 saturated carbocycles. The van der Waals surface area contributed by atoms with Crippen LogP contribution in [-0.2, 0) is 35.4 Å². The molecule has 18 heteroatoms. The fourth-order valence-corrected chi connectivity index (χ4v) is 7.69. The summed E-state index contributed by atoms with van der Waals surface area (Å²) in [6.07, 6.45) is 2.64. The van der Waals surface area contributed by atoms with Gasteiger partial charge in [0.25, 0.3) is 11.6 Å². The van der Waals surface area contributed by atoms with Gasteiger partial charge in [-0.25, -0.2) is 9.78 Å². The Morgan fingerprint density at radius 1 is 1.20 bits per heavy atom. The van der Waals surface area contributed by atoms with Gasteiger partial charge < -0.3 is 35.4 Å². The molecular weight excluding hydrogens is 639 g/mol. The number of nitrogens with two attached hydrogens (primary N) is 1. The first-order valence-corrected chi connectivity index (χ1v) is 15.5. The molecule has 0 unspecified atom stereocenters. The van der Waals surface area contributed by atoms with Gasteiger partial charge >= 0.3 is 35.5 Å². The smallest absolute Gasteiger partial charge is 0.548 e. The maximum absolute atomic E-state index is 13.5. The number of nitrogens with zero attached hydrogens (tertiary/aromatic N) is 4. The second-order valence-electron chi connectivity index (χ2n) is 11.2. The third kappa shape index (κ3) is 6.96. The summed E-state index contributed by atoms with van der Waals surface area (Å²) in [6, 6.07) is 3.38. The summed E-state index contributed by atoms with van der Waals surface area (Å²) < 4.78 is 4.69. The van der Waals surface area contributed by atoms with Crippen LogP contribution in [0.4, 0.5) is 10.8 Å². The van der Waals surface area contributed by atoms with E-state index in [9.17, 15) is 34.4 Å². The predicted molar refractivity (Wildman–Crippen MR) is 156 cm³/mol. The molecule has 0 bridgehead atoms. The second kappa shape index (κ2) is 13.6. The molecule has 2 aliphatic heterocycles. The summed E-state index contributed by atoms with van der Waals surface area (Å²) >= 11 is 2.28. The number of thiazole rings is 1. The molecule has 2 saturated heterocycles. The van der Waals surface area contributed by atoms with E-state index in [1.807, 2.05) is 0 Å². The van der Waals surface area contributed by atoms with E-state index in [2.05, 4.69) is 15.5 Å². The van der Waals surface area contributed by atoms with Gasteiger partial charge in [0.15, 0.2) is 10.8 Å². The first-order chi connectivity index (χ1) is 20.8. The molecule has 3 heterocycles. The quantitative estimate of drug-likeness (QED) is 0.0709. The number of amides is 2. The molecule has 2 amide bonds. The number of non-ortho nitro benzene ring substituents is 1. The minimum Gasteiger partial charge on any atom is -0.548 e. The summed E-state index contributed by atoms with van der Waals surface area (Å²) in [5.74, 6) is -3.49. The van der Waals surface area contributed by atoms with Crippen LogP contribution in [0.5, 0.6) is 0 Å². The van der Waals surface area contributed by atoms with Crippen LogP contribution in [0.25, 0.3) is 0 Å². The van der Waals surface area contributed by atoms with Crippen molar-refractivity contribution in [2.75, 3.05) is 5.73 Å². The number of oxime groups is 1. The largest absolute Gasteiger partial charge is 1.00 e. The first-order valence-electron chi connectivity index (χ1n) is 13.7. The second-order valence-corrected chi connectivity index (χ2v) is 13.8. The fourth-order valence-electron chi connectivity index (χ4n) is 5.52. The number of carboxylic acids is 1. The van der Waals surface area contributed by atoms with Crippen molar-refractivity contribution in [2.45, 2.75) is 80.4 Å². The zero-order chi connectivity index (χ0) is 31.8. The number of carbonyl (C=O) groups is 4. The molecule has 2 aromatic rings. The minimum absolute atomic E-state index is 0. The van der Waals surface area contributed by atoms with Crippen molar-refractivity contribution in [1.29, 1.82) is 0 Å². The standard InChI is InChI=1S/C27H30N6O9S2.Na/c1-26(2)19(23(36)37)32-21(35)18(22(32)44-26)30-20(34)17(16-13-43-25(28)29-16)31-42-27(10-4-3-5-11-27)24(38)41-12-14-6-8-15(9-7-14)33(39)40;/h6-9,13,18-19,22H,3-5,10-12H2,1-2H3,(H2,28,29)(H,30,34)(H,36,37);/q;+1/p-1/b31-17-;/t18-,19+,22-;/m1./s1. The van der Waals surface area contributed by atoms with Crippen molar-refractivity contribution in [2.24, 2.45) is 5.16 Å². The van der Waals surface area contributed by atoms with E-state index in [4.69, 9.17) is 15.3 Å². The minimum atomic E-state index is -1.51. The van der Waals surface area contributed by atoms with Gasteiger partial charge in [0.1, 0.15) is 23.7 Å². The van der Waals surface area contributed by atoms with Gasteiger partial charge in [-0.1, -0.05) is 11.6 Å². The number of esters is 1. The summed E-state index contributed by atoms with van der Waals surface area (Å²) in [5.41, 5.74) is 4.46. The molecule has 15 nitrogen and oxygen atoms in total. The molecule has 3 atom stereocenters. The third-order valence-electron chi connectivity index (χ3n) is 7.79. The van der Waals surface area contributed by atoms with Gasteiger partial charge in [-0.3, -0.25) is 19.7 Å². The van der Waals surface area contributed by atoms with Crippen molar-refractivity contribution in [1.82, 2.24) is 15.2 Å². The van der Waals surface area contributed by atoms with Gasteiger partial charge in [-0.2, -0.15) is 0 Å². The zero-order valence-corrected chi connectivity index (χ0v) is 28.4. The zero-order valence-electron chi connectivity index (χ0n) is 24.7. The number of β-lactam (4-membered cyclic amide) rings is 1. The Hall–Kier alpha value is -3.25. The summed E-state index contributed by atoms with van der Waals surface area (Å²) in [7, 11) is 0. The number of benzene rings is 1. The van der Waals surface area contributed by atoms with E-state index in [1.165, 1.54) is 46.3 Å². The molecule has 45 heavy (non-hydrogen) atoms. The molecule has 5 rings (SSSR count). The number of hydrogen-bond donors (Lipinski definition) is 2. The van der Waals surface area contributed by atoms with Crippen LogP contribution in [0.2, 0.25) is 0 Å². The van der Waals surface area contributed by atoms with Crippen LogP contribution in [0, 0.1) is 10.1 Å². The normalized spacial score (nSPS) is 23.2. The molecule has 3 fully saturated rings. The van der Waals surface area contributed by atoms with Crippen molar-refractivity contribution in [3.8, 4) is 0 Å². The van der Waals surface area contributed by atoms with Gasteiger partial charge in [-0.05, 0) is 44.4 Å². The van der Waals surface area contributed by atoms with Crippen LogP contribution in [-0.4, -0.2) is 72.1 Å². The van der Waals surface area contributed by atoms with E-state index in [1.54, 1.807) is 13.8 Å². The van der Waals surface area contributed by atoms with E-state index in [-0.39, 0.29) is 71.2 Å². The molecular formula is C27H29N6NaO9S2. The summed E-state index contributed by atoms with van der Waals surface area (Å²) in [4.78, 5) is 73.1. The Labute approximate surface area is 287 Å². The maximum atomic E-state index is 13.5. The van der Waals surface area contributed by atoms with E-state index >= 15 is 0 Å². The molecule has 0 spiro atoms. The Balaban J connectivity index is 0.00000461. The Morgan fingerprint density at radius 2 is 1.87 bits per heavy atom. The van der Waals surface area contributed by atoms with Gasteiger partial charge in [-0.15, -0.1) is 23.1 Å². The number of aromatic nitrogens is 1. The van der Waals surface area contributed by atoms with Crippen LogP contribution in [0.1, 0.15) is 57.2 Å².